The van der Waals surface area contributed by atoms with Crippen molar-refractivity contribution in [2.45, 2.75) is 18.9 Å². The van der Waals surface area contributed by atoms with Crippen LogP contribution in [-0.2, 0) is 4.74 Å². The SMILES string of the molecule is COC(=O)c1cc(OC2CCN(C)CC2)c(F)cc1N. The van der Waals surface area contributed by atoms with Crippen LogP contribution in [-0.4, -0.2) is 44.2 Å². The molecular formula is C14H19FN2O3. The highest BCUT2D eigenvalue weighted by atomic mass is 19.1. The molecule has 6 heteroatoms. The molecular weight excluding hydrogens is 263 g/mol. The number of piperidine rings is 1. The lowest BCUT2D eigenvalue weighted by Crippen LogP contribution is -2.35. The van der Waals surface area contributed by atoms with Crippen molar-refractivity contribution < 1.29 is 18.7 Å². The Morgan fingerprint density at radius 2 is 2.05 bits per heavy atom. The maximum atomic E-state index is 13.9. The van der Waals surface area contributed by atoms with E-state index in [-0.39, 0.29) is 23.1 Å². The van der Waals surface area contributed by atoms with Crippen molar-refractivity contribution in [3.8, 4) is 5.75 Å². The molecule has 0 aliphatic carbocycles. The molecule has 1 aliphatic heterocycles. The second-order valence-electron chi connectivity index (χ2n) is 4.98. The Morgan fingerprint density at radius 3 is 2.65 bits per heavy atom. The van der Waals surface area contributed by atoms with E-state index in [2.05, 4.69) is 9.64 Å². The molecule has 0 atom stereocenters. The number of benzene rings is 1. The standard InChI is InChI=1S/C14H19FN2O3/c1-17-5-3-9(4-6-17)20-13-7-10(14(18)19-2)12(16)8-11(13)15/h7-9H,3-6,16H2,1-2H3. The zero-order valence-electron chi connectivity index (χ0n) is 11.7. The van der Waals surface area contributed by atoms with E-state index in [0.29, 0.717) is 0 Å². The lowest BCUT2D eigenvalue weighted by atomic mass is 10.1. The second-order valence-corrected chi connectivity index (χ2v) is 4.98. The minimum absolute atomic E-state index is 0.0464. The number of rotatable bonds is 3. The van der Waals surface area contributed by atoms with Crippen LogP contribution in [0, 0.1) is 5.82 Å². The molecule has 0 spiro atoms. The van der Waals surface area contributed by atoms with Crippen LogP contribution in [0.25, 0.3) is 0 Å². The van der Waals surface area contributed by atoms with Crippen LogP contribution in [0.1, 0.15) is 23.2 Å². The van der Waals surface area contributed by atoms with Gasteiger partial charge in [0, 0.05) is 24.8 Å². The Hall–Kier alpha value is -1.82. The molecule has 1 aliphatic rings. The number of likely N-dealkylation sites (tertiary alicyclic amines) is 1. The maximum absolute atomic E-state index is 13.9. The topological polar surface area (TPSA) is 64.8 Å². The summed E-state index contributed by atoms with van der Waals surface area (Å²) in [4.78, 5) is 13.7. The van der Waals surface area contributed by atoms with Crippen LogP contribution in [0.15, 0.2) is 12.1 Å². The number of anilines is 1. The predicted molar refractivity (Wildman–Crippen MR) is 73.3 cm³/mol. The average molecular weight is 282 g/mol. The number of nitrogen functional groups attached to an aromatic ring is 1. The van der Waals surface area contributed by atoms with Crippen molar-refractivity contribution in [1.29, 1.82) is 0 Å². The number of nitrogens with two attached hydrogens (primary N) is 1. The fourth-order valence-corrected chi connectivity index (χ4v) is 2.23. The Balaban J connectivity index is 2.16. The zero-order valence-corrected chi connectivity index (χ0v) is 11.7. The Kier molecular flexibility index (Phi) is 4.44. The second kappa shape index (κ2) is 6.09. The van der Waals surface area contributed by atoms with Crippen LogP contribution >= 0.6 is 0 Å². The van der Waals surface area contributed by atoms with Crippen LogP contribution in [0.5, 0.6) is 5.75 Å². The summed E-state index contributed by atoms with van der Waals surface area (Å²) in [5.41, 5.74) is 5.78. The Morgan fingerprint density at radius 1 is 1.40 bits per heavy atom. The molecule has 0 saturated carbocycles. The summed E-state index contributed by atoms with van der Waals surface area (Å²) < 4.78 is 24.1. The minimum atomic E-state index is -0.601. The fourth-order valence-electron chi connectivity index (χ4n) is 2.23. The van der Waals surface area contributed by atoms with E-state index >= 15 is 0 Å². The van der Waals surface area contributed by atoms with E-state index < -0.39 is 11.8 Å². The van der Waals surface area contributed by atoms with Gasteiger partial charge in [0.2, 0.25) is 0 Å². The van der Waals surface area contributed by atoms with Crippen molar-refractivity contribution in [1.82, 2.24) is 4.90 Å². The molecule has 1 aromatic carbocycles. The van der Waals surface area contributed by atoms with Gasteiger partial charge in [0.05, 0.1) is 12.7 Å². The van der Waals surface area contributed by atoms with Gasteiger partial charge in [0.15, 0.2) is 11.6 Å². The number of ether oxygens (including phenoxy) is 2. The van der Waals surface area contributed by atoms with Gasteiger partial charge in [0.25, 0.3) is 0 Å². The third kappa shape index (κ3) is 3.19. The lowest BCUT2D eigenvalue weighted by molar-refractivity contribution is 0.0600. The molecule has 1 heterocycles. The third-order valence-electron chi connectivity index (χ3n) is 3.47. The molecule has 1 aromatic rings. The molecule has 0 amide bonds. The molecule has 1 saturated heterocycles. The van der Waals surface area contributed by atoms with Gasteiger partial charge in [-0.15, -0.1) is 0 Å². The monoisotopic (exact) mass is 282 g/mol. The van der Waals surface area contributed by atoms with Crippen molar-refractivity contribution in [3.63, 3.8) is 0 Å². The number of nitrogens with zero attached hydrogens (tertiary/aromatic N) is 1. The van der Waals surface area contributed by atoms with Gasteiger partial charge in [-0.2, -0.15) is 0 Å². The first-order valence-corrected chi connectivity index (χ1v) is 6.53. The van der Waals surface area contributed by atoms with Gasteiger partial charge in [-0.25, -0.2) is 9.18 Å². The molecule has 0 radical (unpaired) electrons. The van der Waals surface area contributed by atoms with E-state index in [1.54, 1.807) is 0 Å². The third-order valence-corrected chi connectivity index (χ3v) is 3.47. The Bertz CT molecular complexity index is 499. The van der Waals surface area contributed by atoms with Crippen molar-refractivity contribution in [2.24, 2.45) is 0 Å². The van der Waals surface area contributed by atoms with Gasteiger partial charge in [-0.05, 0) is 26.0 Å². The highest BCUT2D eigenvalue weighted by Gasteiger charge is 2.21. The predicted octanol–water partition coefficient (Wildman–Crippen LogP) is 1.67. The first kappa shape index (κ1) is 14.6. The molecule has 1 fully saturated rings. The summed E-state index contributed by atoms with van der Waals surface area (Å²) in [7, 11) is 3.29. The van der Waals surface area contributed by atoms with Crippen LogP contribution in [0.4, 0.5) is 10.1 Å². The smallest absolute Gasteiger partial charge is 0.340 e. The number of carbonyl (C=O) groups excluding carboxylic acids is 1. The van der Waals surface area contributed by atoms with Crippen LogP contribution < -0.4 is 10.5 Å². The summed E-state index contributed by atoms with van der Waals surface area (Å²) in [6.07, 6.45) is 1.61. The quantitative estimate of drug-likeness (QED) is 0.675. The highest BCUT2D eigenvalue weighted by Crippen LogP contribution is 2.27. The van der Waals surface area contributed by atoms with Gasteiger partial charge in [-0.1, -0.05) is 0 Å². The van der Waals surface area contributed by atoms with Gasteiger partial charge in [-0.3, -0.25) is 0 Å². The number of hydrogen-bond donors (Lipinski definition) is 1. The summed E-state index contributed by atoms with van der Waals surface area (Å²) in [6.45, 7) is 1.82. The number of halogens is 1. The molecule has 110 valence electrons. The van der Waals surface area contributed by atoms with Crippen LogP contribution in [0.2, 0.25) is 0 Å². The fraction of sp³-hybridized carbons (Fsp3) is 0.500. The van der Waals surface area contributed by atoms with Gasteiger partial charge >= 0.3 is 5.97 Å². The molecule has 0 bridgehead atoms. The number of methoxy groups -OCH3 is 1. The molecule has 5 nitrogen and oxygen atoms in total. The zero-order chi connectivity index (χ0) is 14.7. The molecule has 2 rings (SSSR count). The van der Waals surface area contributed by atoms with E-state index in [1.165, 1.54) is 13.2 Å². The lowest BCUT2D eigenvalue weighted by Gasteiger charge is -2.29. The van der Waals surface area contributed by atoms with Crippen molar-refractivity contribution >= 4 is 11.7 Å². The first-order valence-electron chi connectivity index (χ1n) is 6.53. The molecule has 0 unspecified atom stereocenters. The highest BCUT2D eigenvalue weighted by molar-refractivity contribution is 5.95. The van der Waals surface area contributed by atoms with Crippen molar-refractivity contribution in [3.05, 3.63) is 23.5 Å². The largest absolute Gasteiger partial charge is 0.487 e. The molecule has 0 aromatic heterocycles. The number of carbonyl (C=O) groups is 1. The van der Waals surface area contributed by atoms with Gasteiger partial charge < -0.3 is 20.1 Å². The van der Waals surface area contributed by atoms with Crippen molar-refractivity contribution in [2.75, 3.05) is 33.0 Å². The minimum Gasteiger partial charge on any atom is -0.487 e. The van der Waals surface area contributed by atoms with E-state index in [9.17, 15) is 9.18 Å². The van der Waals surface area contributed by atoms with Gasteiger partial charge in [0.1, 0.15) is 6.10 Å². The summed E-state index contributed by atoms with van der Waals surface area (Å²) in [6, 6.07) is 2.41. The van der Waals surface area contributed by atoms with E-state index in [4.69, 9.17) is 10.5 Å². The first-order chi connectivity index (χ1) is 9.51. The normalized spacial score (nSPS) is 16.9. The maximum Gasteiger partial charge on any atom is 0.340 e. The Labute approximate surface area is 117 Å². The average Bonchev–Trinajstić information content (AvgIpc) is 2.43. The summed E-state index contributed by atoms with van der Waals surface area (Å²) in [5.74, 6) is -1.11. The molecule has 2 N–H and O–H groups in total. The number of hydrogen-bond acceptors (Lipinski definition) is 5. The van der Waals surface area contributed by atoms with E-state index in [0.717, 1.165) is 32.0 Å². The van der Waals surface area contributed by atoms with E-state index in [1.807, 2.05) is 7.05 Å². The molecule has 20 heavy (non-hydrogen) atoms. The number of esters is 1. The van der Waals surface area contributed by atoms with Crippen LogP contribution in [0.3, 0.4) is 0 Å². The summed E-state index contributed by atoms with van der Waals surface area (Å²) >= 11 is 0. The summed E-state index contributed by atoms with van der Waals surface area (Å²) in [5, 5.41) is 0.